The lowest BCUT2D eigenvalue weighted by Gasteiger charge is -2.23. The first-order valence-electron chi connectivity index (χ1n) is 7.29. The Morgan fingerprint density at radius 1 is 1.22 bits per heavy atom. The molecule has 1 rings (SSSR count). The summed E-state index contributed by atoms with van der Waals surface area (Å²) in [6.45, 7) is 6.97. The number of nitrogens with one attached hydrogen (secondary N) is 1. The van der Waals surface area contributed by atoms with Crippen LogP contribution >= 0.6 is 0 Å². The van der Waals surface area contributed by atoms with E-state index in [-0.39, 0.29) is 24.5 Å². The summed E-state index contributed by atoms with van der Waals surface area (Å²) >= 11 is 0. The number of rotatable bonds is 5. The molecule has 1 amide bonds. The molecule has 7 heteroatoms. The minimum Gasteiger partial charge on any atom is -0.504 e. The molecule has 0 heterocycles. The number of benzene rings is 1. The van der Waals surface area contributed by atoms with E-state index in [2.05, 4.69) is 5.32 Å². The number of hydrogen-bond acceptors (Lipinski definition) is 6. The average molecular weight is 325 g/mol. The van der Waals surface area contributed by atoms with Crippen molar-refractivity contribution in [2.75, 3.05) is 6.61 Å². The Hall–Kier alpha value is -2.44. The number of carbonyl (C=O) groups is 2. The van der Waals surface area contributed by atoms with Crippen molar-refractivity contribution < 1.29 is 29.3 Å². The Labute approximate surface area is 135 Å². The summed E-state index contributed by atoms with van der Waals surface area (Å²) in [5.41, 5.74) is -0.144. The number of ether oxygens (including phenoxy) is 2. The Balaban J connectivity index is 2.85. The second-order valence-electron chi connectivity index (χ2n) is 5.98. The molecule has 1 aromatic carbocycles. The molecule has 0 aliphatic carbocycles. The van der Waals surface area contributed by atoms with Crippen LogP contribution in [0.3, 0.4) is 0 Å². The van der Waals surface area contributed by atoms with E-state index >= 15 is 0 Å². The summed E-state index contributed by atoms with van der Waals surface area (Å²) in [6.07, 6.45) is -0.648. The number of phenolic OH excluding ortho intramolecular Hbond substituents is 2. The van der Waals surface area contributed by atoms with Crippen LogP contribution in [-0.2, 0) is 20.7 Å². The normalized spacial score (nSPS) is 12.3. The summed E-state index contributed by atoms with van der Waals surface area (Å²) in [5.74, 6) is -1.17. The van der Waals surface area contributed by atoms with Gasteiger partial charge in [-0.25, -0.2) is 9.59 Å². The fraction of sp³-hybridized carbons (Fsp3) is 0.500. The van der Waals surface area contributed by atoms with Gasteiger partial charge in [0.15, 0.2) is 11.5 Å². The highest BCUT2D eigenvalue weighted by Crippen LogP contribution is 2.25. The van der Waals surface area contributed by atoms with E-state index < -0.39 is 23.7 Å². The molecule has 0 aliphatic rings. The largest absolute Gasteiger partial charge is 0.504 e. The SMILES string of the molecule is CCOC(=O)C(Cc1ccc(O)c(O)c1)NC(=O)OC(C)(C)C. The van der Waals surface area contributed by atoms with Crippen LogP contribution in [0.1, 0.15) is 33.3 Å². The summed E-state index contributed by atoms with van der Waals surface area (Å²) < 4.78 is 10.1. The number of amides is 1. The van der Waals surface area contributed by atoms with Crippen LogP contribution in [0.2, 0.25) is 0 Å². The number of phenols is 2. The van der Waals surface area contributed by atoms with Gasteiger partial charge in [0.05, 0.1) is 6.61 Å². The third kappa shape index (κ3) is 6.46. The van der Waals surface area contributed by atoms with Crippen LogP contribution in [0.15, 0.2) is 18.2 Å². The first-order chi connectivity index (χ1) is 10.6. The monoisotopic (exact) mass is 325 g/mol. The third-order valence-corrected chi connectivity index (χ3v) is 2.74. The molecule has 0 fully saturated rings. The predicted molar refractivity (Wildman–Crippen MR) is 83.3 cm³/mol. The highest BCUT2D eigenvalue weighted by atomic mass is 16.6. The third-order valence-electron chi connectivity index (χ3n) is 2.74. The summed E-state index contributed by atoms with van der Waals surface area (Å²) in [4.78, 5) is 23.9. The zero-order valence-electron chi connectivity index (χ0n) is 13.8. The summed E-state index contributed by atoms with van der Waals surface area (Å²) in [5, 5.41) is 21.3. The standard InChI is InChI=1S/C16H23NO6/c1-5-22-14(20)11(17-15(21)23-16(2,3)4)8-10-6-7-12(18)13(19)9-10/h6-7,9,11,18-19H,5,8H2,1-4H3,(H,17,21). The lowest BCUT2D eigenvalue weighted by Crippen LogP contribution is -2.45. The fourth-order valence-electron chi connectivity index (χ4n) is 1.82. The minimum atomic E-state index is -0.964. The van der Waals surface area contributed by atoms with E-state index in [0.29, 0.717) is 5.56 Å². The Morgan fingerprint density at radius 2 is 1.87 bits per heavy atom. The molecule has 1 unspecified atom stereocenters. The molecule has 3 N–H and O–H groups in total. The maximum atomic E-state index is 12.0. The molecule has 0 bridgehead atoms. The average Bonchev–Trinajstić information content (AvgIpc) is 2.40. The lowest BCUT2D eigenvalue weighted by molar-refractivity contribution is -0.145. The molecule has 0 radical (unpaired) electrons. The van der Waals surface area contributed by atoms with E-state index in [9.17, 15) is 19.8 Å². The topological polar surface area (TPSA) is 105 Å². The van der Waals surface area contributed by atoms with Crippen molar-refractivity contribution in [3.63, 3.8) is 0 Å². The molecule has 0 aromatic heterocycles. The zero-order valence-corrected chi connectivity index (χ0v) is 13.8. The molecule has 23 heavy (non-hydrogen) atoms. The maximum Gasteiger partial charge on any atom is 0.408 e. The summed E-state index contributed by atoms with van der Waals surface area (Å²) in [6, 6.07) is 3.20. The van der Waals surface area contributed by atoms with Crippen LogP contribution < -0.4 is 5.32 Å². The van der Waals surface area contributed by atoms with Gasteiger partial charge in [-0.05, 0) is 45.4 Å². The molecule has 0 saturated carbocycles. The first-order valence-corrected chi connectivity index (χ1v) is 7.29. The number of alkyl carbamates (subject to hydrolysis) is 1. The van der Waals surface area contributed by atoms with Crippen molar-refractivity contribution in [1.82, 2.24) is 5.32 Å². The van der Waals surface area contributed by atoms with Gasteiger partial charge in [0.25, 0.3) is 0 Å². The quantitative estimate of drug-likeness (QED) is 0.565. The van der Waals surface area contributed by atoms with Gasteiger partial charge in [-0.2, -0.15) is 0 Å². The fourth-order valence-corrected chi connectivity index (χ4v) is 1.82. The smallest absolute Gasteiger partial charge is 0.408 e. The van der Waals surface area contributed by atoms with Crippen LogP contribution in [-0.4, -0.2) is 40.5 Å². The zero-order chi connectivity index (χ0) is 17.6. The van der Waals surface area contributed by atoms with Gasteiger partial charge in [0.1, 0.15) is 11.6 Å². The van der Waals surface area contributed by atoms with Gasteiger partial charge in [-0.3, -0.25) is 0 Å². The number of aromatic hydroxyl groups is 2. The van der Waals surface area contributed by atoms with Crippen molar-refractivity contribution in [3.05, 3.63) is 23.8 Å². The molecule has 1 atom stereocenters. The van der Waals surface area contributed by atoms with Gasteiger partial charge in [-0.15, -0.1) is 0 Å². The van der Waals surface area contributed by atoms with Crippen molar-refractivity contribution in [2.45, 2.75) is 45.8 Å². The van der Waals surface area contributed by atoms with Gasteiger partial charge in [-0.1, -0.05) is 6.07 Å². The van der Waals surface area contributed by atoms with E-state index in [1.54, 1.807) is 27.7 Å². The molecule has 0 saturated heterocycles. The molecular formula is C16H23NO6. The predicted octanol–water partition coefficient (Wildman–Crippen LogP) is 2.10. The number of carbonyl (C=O) groups excluding carboxylic acids is 2. The number of esters is 1. The van der Waals surface area contributed by atoms with Crippen molar-refractivity contribution >= 4 is 12.1 Å². The van der Waals surface area contributed by atoms with Crippen molar-refractivity contribution in [3.8, 4) is 11.5 Å². The highest BCUT2D eigenvalue weighted by molar-refractivity contribution is 5.81. The van der Waals surface area contributed by atoms with Crippen molar-refractivity contribution in [1.29, 1.82) is 0 Å². The second kappa shape index (κ2) is 7.71. The van der Waals surface area contributed by atoms with Crippen molar-refractivity contribution in [2.24, 2.45) is 0 Å². The van der Waals surface area contributed by atoms with Crippen LogP contribution in [0.25, 0.3) is 0 Å². The van der Waals surface area contributed by atoms with E-state index in [4.69, 9.17) is 9.47 Å². The Bertz CT molecular complexity index is 564. The molecule has 7 nitrogen and oxygen atoms in total. The van der Waals surface area contributed by atoms with E-state index in [1.807, 2.05) is 0 Å². The molecule has 0 spiro atoms. The first kappa shape index (κ1) is 18.6. The van der Waals surface area contributed by atoms with Gasteiger partial charge >= 0.3 is 12.1 Å². The minimum absolute atomic E-state index is 0.0892. The van der Waals surface area contributed by atoms with Gasteiger partial charge in [0.2, 0.25) is 0 Å². The molecule has 1 aromatic rings. The molecule has 128 valence electrons. The Kier molecular flexibility index (Phi) is 6.24. The highest BCUT2D eigenvalue weighted by Gasteiger charge is 2.25. The second-order valence-corrected chi connectivity index (χ2v) is 5.98. The maximum absolute atomic E-state index is 12.0. The van der Waals surface area contributed by atoms with E-state index in [1.165, 1.54) is 18.2 Å². The summed E-state index contributed by atoms with van der Waals surface area (Å²) in [7, 11) is 0. The van der Waals surface area contributed by atoms with Crippen LogP contribution in [0.5, 0.6) is 11.5 Å². The van der Waals surface area contributed by atoms with Gasteiger partial charge in [0, 0.05) is 6.42 Å². The number of hydrogen-bond donors (Lipinski definition) is 3. The Morgan fingerprint density at radius 3 is 2.39 bits per heavy atom. The lowest BCUT2D eigenvalue weighted by atomic mass is 10.1. The van der Waals surface area contributed by atoms with Gasteiger partial charge < -0.3 is 25.0 Å². The van der Waals surface area contributed by atoms with Crippen LogP contribution in [0.4, 0.5) is 4.79 Å². The molecule has 0 aliphatic heterocycles. The van der Waals surface area contributed by atoms with Crippen LogP contribution in [0, 0.1) is 0 Å². The van der Waals surface area contributed by atoms with E-state index in [0.717, 1.165) is 0 Å². The molecular weight excluding hydrogens is 302 g/mol.